The lowest BCUT2D eigenvalue weighted by molar-refractivity contribution is -0.0578. The highest BCUT2D eigenvalue weighted by molar-refractivity contribution is 4.77. The fourth-order valence-electron chi connectivity index (χ4n) is 1.19. The zero-order valence-electron chi connectivity index (χ0n) is 4.97. The highest BCUT2D eigenvalue weighted by atomic mass is 19.1. The third-order valence-electron chi connectivity index (χ3n) is 1.80. The molecule has 0 aliphatic heterocycles. The molecule has 1 nitrogen and oxygen atoms in total. The van der Waals surface area contributed by atoms with Crippen LogP contribution in [-0.2, 0) is 0 Å². The average molecular weight is 118 g/mol. The molecular weight excluding hydrogens is 107 g/mol. The molecule has 0 bridgehead atoms. The third-order valence-corrected chi connectivity index (χ3v) is 1.80. The van der Waals surface area contributed by atoms with Gasteiger partial charge in [-0.2, -0.15) is 0 Å². The molecule has 1 rings (SSSR count). The molecule has 2 heteroatoms. The summed E-state index contributed by atoms with van der Waals surface area (Å²) in [6.45, 7) is 2.07. The molecule has 48 valence electrons. The molecule has 0 heterocycles. The molecule has 0 aromatic heterocycles. The normalized spacial score (nSPS) is 40.9. The van der Waals surface area contributed by atoms with E-state index in [0.717, 1.165) is 12.8 Å². The summed E-state index contributed by atoms with van der Waals surface area (Å²) in [5, 5.41) is 8.32. The molecule has 8 heavy (non-hydrogen) atoms. The lowest BCUT2D eigenvalue weighted by Crippen LogP contribution is -2.29. The molecule has 0 aromatic rings. The lowest BCUT2D eigenvalue weighted by atomic mass is 9.76. The van der Waals surface area contributed by atoms with Gasteiger partial charge in [0.25, 0.3) is 0 Å². The quantitative estimate of drug-likeness (QED) is 0.550. The minimum atomic E-state index is -1.56. The number of alkyl halides is 1. The first-order valence-corrected chi connectivity index (χ1v) is 3.02. The van der Waals surface area contributed by atoms with E-state index in [1.165, 1.54) is 0 Å². The monoisotopic (exact) mass is 118 g/mol. The zero-order chi connectivity index (χ0) is 6.15. The van der Waals surface area contributed by atoms with Crippen LogP contribution in [-0.4, -0.2) is 11.5 Å². The van der Waals surface area contributed by atoms with E-state index in [0.29, 0.717) is 5.92 Å². The lowest BCUT2D eigenvalue weighted by Gasteiger charge is -2.32. The van der Waals surface area contributed by atoms with Crippen LogP contribution in [0.25, 0.3) is 0 Å². The van der Waals surface area contributed by atoms with E-state index in [-0.39, 0.29) is 5.92 Å². The standard InChI is InChI=1S/C6H11FO/c1-4-2-5(3-4)6(7)8/h4-6,8H,2-3H2,1H3. The van der Waals surface area contributed by atoms with Crippen molar-refractivity contribution in [2.24, 2.45) is 11.8 Å². The fraction of sp³-hybridized carbons (Fsp3) is 1.00. The molecule has 0 spiro atoms. The van der Waals surface area contributed by atoms with Crippen LogP contribution in [0.2, 0.25) is 0 Å². The Labute approximate surface area is 48.5 Å². The van der Waals surface area contributed by atoms with E-state index in [1.807, 2.05) is 0 Å². The summed E-state index contributed by atoms with van der Waals surface area (Å²) in [6, 6.07) is 0. The third kappa shape index (κ3) is 0.996. The van der Waals surface area contributed by atoms with Crippen molar-refractivity contribution in [2.75, 3.05) is 0 Å². The number of aliphatic hydroxyl groups excluding tert-OH is 1. The Morgan fingerprint density at radius 2 is 2.12 bits per heavy atom. The van der Waals surface area contributed by atoms with Gasteiger partial charge in [0.15, 0.2) is 6.36 Å². The van der Waals surface area contributed by atoms with Crippen molar-refractivity contribution >= 4 is 0 Å². The highest BCUT2D eigenvalue weighted by Gasteiger charge is 2.30. The van der Waals surface area contributed by atoms with E-state index >= 15 is 0 Å². The summed E-state index contributed by atoms with van der Waals surface area (Å²) in [6.07, 6.45) is 0.154. The van der Waals surface area contributed by atoms with E-state index in [4.69, 9.17) is 5.11 Å². The summed E-state index contributed by atoms with van der Waals surface area (Å²) in [4.78, 5) is 0. The summed E-state index contributed by atoms with van der Waals surface area (Å²) in [5.41, 5.74) is 0. The van der Waals surface area contributed by atoms with Crippen molar-refractivity contribution in [1.29, 1.82) is 0 Å². The van der Waals surface area contributed by atoms with Crippen LogP contribution < -0.4 is 0 Å². The van der Waals surface area contributed by atoms with Crippen LogP contribution in [0.3, 0.4) is 0 Å². The minimum Gasteiger partial charge on any atom is -0.364 e. The second-order valence-corrected chi connectivity index (χ2v) is 2.71. The Morgan fingerprint density at radius 3 is 2.25 bits per heavy atom. The van der Waals surface area contributed by atoms with Gasteiger partial charge in [0.05, 0.1) is 0 Å². The van der Waals surface area contributed by atoms with Crippen molar-refractivity contribution in [3.05, 3.63) is 0 Å². The van der Waals surface area contributed by atoms with Gasteiger partial charge in [0, 0.05) is 5.92 Å². The number of hydrogen-bond donors (Lipinski definition) is 1. The van der Waals surface area contributed by atoms with Gasteiger partial charge in [-0.25, -0.2) is 4.39 Å². The van der Waals surface area contributed by atoms with Crippen LogP contribution >= 0.6 is 0 Å². The van der Waals surface area contributed by atoms with E-state index in [9.17, 15) is 4.39 Å². The Kier molecular flexibility index (Phi) is 1.52. The number of rotatable bonds is 1. The summed E-state index contributed by atoms with van der Waals surface area (Å²) >= 11 is 0. The number of halogens is 1. The number of hydrogen-bond acceptors (Lipinski definition) is 1. The molecule has 0 radical (unpaired) electrons. The van der Waals surface area contributed by atoms with Gasteiger partial charge in [-0.15, -0.1) is 0 Å². The first kappa shape index (κ1) is 6.02. The maximum Gasteiger partial charge on any atom is 0.199 e. The van der Waals surface area contributed by atoms with Crippen LogP contribution in [0, 0.1) is 11.8 Å². The topological polar surface area (TPSA) is 20.2 Å². The molecule has 1 aliphatic rings. The second-order valence-electron chi connectivity index (χ2n) is 2.71. The minimum absolute atomic E-state index is 0.0509. The smallest absolute Gasteiger partial charge is 0.199 e. The highest BCUT2D eigenvalue weighted by Crippen LogP contribution is 2.35. The fourth-order valence-corrected chi connectivity index (χ4v) is 1.19. The molecule has 1 N–H and O–H groups in total. The predicted molar refractivity (Wildman–Crippen MR) is 29.0 cm³/mol. The van der Waals surface area contributed by atoms with Gasteiger partial charge in [-0.05, 0) is 18.8 Å². The molecule has 0 aromatic carbocycles. The average Bonchev–Trinajstić information content (AvgIpc) is 1.57. The summed E-state index contributed by atoms with van der Waals surface area (Å²) in [7, 11) is 0. The van der Waals surface area contributed by atoms with E-state index in [1.54, 1.807) is 0 Å². The Balaban J connectivity index is 2.15. The largest absolute Gasteiger partial charge is 0.364 e. The van der Waals surface area contributed by atoms with Gasteiger partial charge >= 0.3 is 0 Å². The van der Waals surface area contributed by atoms with E-state index in [2.05, 4.69) is 6.92 Å². The first-order valence-electron chi connectivity index (χ1n) is 3.02. The first-order chi connectivity index (χ1) is 3.70. The molecule has 1 atom stereocenters. The zero-order valence-corrected chi connectivity index (χ0v) is 4.97. The Hall–Kier alpha value is -0.110. The Bertz CT molecular complexity index is 76.6. The van der Waals surface area contributed by atoms with Gasteiger partial charge in [-0.3, -0.25) is 0 Å². The molecule has 0 amide bonds. The van der Waals surface area contributed by atoms with Crippen LogP contribution in [0.4, 0.5) is 4.39 Å². The van der Waals surface area contributed by atoms with Crippen LogP contribution in [0.5, 0.6) is 0 Å². The van der Waals surface area contributed by atoms with Gasteiger partial charge in [-0.1, -0.05) is 6.92 Å². The van der Waals surface area contributed by atoms with Gasteiger partial charge < -0.3 is 5.11 Å². The number of aliphatic hydroxyl groups is 1. The van der Waals surface area contributed by atoms with Crippen molar-refractivity contribution < 1.29 is 9.50 Å². The Morgan fingerprint density at radius 1 is 1.62 bits per heavy atom. The van der Waals surface area contributed by atoms with Crippen molar-refractivity contribution in [3.8, 4) is 0 Å². The molecular formula is C6H11FO. The summed E-state index contributed by atoms with van der Waals surface area (Å²) < 4.78 is 11.9. The van der Waals surface area contributed by atoms with E-state index < -0.39 is 6.36 Å². The molecule has 0 saturated heterocycles. The molecule has 1 saturated carbocycles. The molecule has 1 aliphatic carbocycles. The van der Waals surface area contributed by atoms with Gasteiger partial charge in [0.2, 0.25) is 0 Å². The SMILES string of the molecule is CC1CC(C(O)F)C1. The predicted octanol–water partition coefficient (Wildman–Crippen LogP) is 1.32. The molecule has 1 fully saturated rings. The maximum atomic E-state index is 11.9. The van der Waals surface area contributed by atoms with Crippen molar-refractivity contribution in [3.63, 3.8) is 0 Å². The van der Waals surface area contributed by atoms with Crippen molar-refractivity contribution in [2.45, 2.75) is 26.1 Å². The van der Waals surface area contributed by atoms with Gasteiger partial charge in [0.1, 0.15) is 0 Å². The summed E-state index contributed by atoms with van der Waals surface area (Å²) in [5.74, 6) is 0.579. The van der Waals surface area contributed by atoms with Crippen LogP contribution in [0.15, 0.2) is 0 Å². The van der Waals surface area contributed by atoms with Crippen LogP contribution in [0.1, 0.15) is 19.8 Å². The molecule has 1 unspecified atom stereocenters. The maximum absolute atomic E-state index is 11.9. The van der Waals surface area contributed by atoms with Crippen molar-refractivity contribution in [1.82, 2.24) is 0 Å². The second kappa shape index (κ2) is 2.02.